The Morgan fingerprint density at radius 1 is 1.16 bits per heavy atom. The van der Waals surface area contributed by atoms with Crippen molar-refractivity contribution < 1.29 is 0 Å². The highest BCUT2D eigenvalue weighted by Crippen LogP contribution is 2.08. The summed E-state index contributed by atoms with van der Waals surface area (Å²) in [6, 6.07) is 12.0. The zero-order valence-electron chi connectivity index (χ0n) is 10.8. The first-order valence-electron chi connectivity index (χ1n) is 6.35. The molecule has 19 heavy (non-hydrogen) atoms. The Morgan fingerprint density at radius 3 is 2.74 bits per heavy atom. The summed E-state index contributed by atoms with van der Waals surface area (Å²) in [4.78, 5) is 16.8. The van der Waals surface area contributed by atoms with Crippen LogP contribution in [0, 0.1) is 6.92 Å². The van der Waals surface area contributed by atoms with Crippen LogP contribution in [0.4, 0.5) is 0 Å². The van der Waals surface area contributed by atoms with Crippen molar-refractivity contribution >= 4 is 5.65 Å². The van der Waals surface area contributed by atoms with E-state index < -0.39 is 0 Å². The largest absolute Gasteiger partial charge is 0.297 e. The molecule has 4 heteroatoms. The first-order chi connectivity index (χ1) is 9.25. The lowest BCUT2D eigenvalue weighted by Gasteiger charge is -2.05. The minimum Gasteiger partial charge on any atom is -0.297 e. The topological polar surface area (TPSA) is 50.2 Å². The molecule has 0 fully saturated rings. The van der Waals surface area contributed by atoms with Crippen LogP contribution in [0.3, 0.4) is 0 Å². The molecule has 0 radical (unpaired) electrons. The second-order valence-corrected chi connectivity index (χ2v) is 4.62. The summed E-state index contributed by atoms with van der Waals surface area (Å²) in [5.74, 6) is 0. The molecule has 0 aliphatic carbocycles. The van der Waals surface area contributed by atoms with Gasteiger partial charge in [-0.1, -0.05) is 30.3 Å². The number of nitrogens with one attached hydrogen (secondary N) is 1. The molecular formula is C15H15N3O. The Hall–Kier alpha value is -2.36. The summed E-state index contributed by atoms with van der Waals surface area (Å²) in [6.07, 6.45) is 3.29. The molecule has 0 amide bonds. The molecule has 0 aliphatic rings. The van der Waals surface area contributed by atoms with E-state index >= 15 is 0 Å². The second kappa shape index (κ2) is 4.72. The quantitative estimate of drug-likeness (QED) is 0.777. The number of benzene rings is 1. The molecule has 2 heterocycles. The first kappa shape index (κ1) is 11.7. The van der Waals surface area contributed by atoms with Gasteiger partial charge in [-0.05, 0) is 25.3 Å². The maximum absolute atomic E-state index is 12.3. The van der Waals surface area contributed by atoms with Crippen molar-refractivity contribution in [2.24, 2.45) is 0 Å². The number of rotatable bonds is 3. The van der Waals surface area contributed by atoms with Gasteiger partial charge in [-0.25, -0.2) is 9.50 Å². The summed E-state index contributed by atoms with van der Waals surface area (Å²) < 4.78 is 1.49. The van der Waals surface area contributed by atoms with Crippen LogP contribution in [0.15, 0.2) is 47.4 Å². The van der Waals surface area contributed by atoms with Gasteiger partial charge in [0.25, 0.3) is 5.56 Å². The van der Waals surface area contributed by atoms with Gasteiger partial charge >= 0.3 is 0 Å². The van der Waals surface area contributed by atoms with Gasteiger partial charge in [-0.15, -0.1) is 0 Å². The van der Waals surface area contributed by atoms with E-state index in [0.29, 0.717) is 12.1 Å². The molecule has 3 rings (SSSR count). The van der Waals surface area contributed by atoms with Crippen molar-refractivity contribution in [1.29, 1.82) is 0 Å². The van der Waals surface area contributed by atoms with Gasteiger partial charge in [0.1, 0.15) is 0 Å². The fourth-order valence-corrected chi connectivity index (χ4v) is 2.31. The number of hydrogen-bond donors (Lipinski definition) is 1. The Bertz CT molecular complexity index is 756. The first-order valence-corrected chi connectivity index (χ1v) is 6.35. The SMILES string of the molecule is Cc1nc2cc[nH]n2c(=O)c1CCc1ccccc1. The average Bonchev–Trinajstić information content (AvgIpc) is 2.88. The highest BCUT2D eigenvalue weighted by Gasteiger charge is 2.10. The number of hydrogen-bond acceptors (Lipinski definition) is 2. The van der Waals surface area contributed by atoms with Gasteiger partial charge in [-0.3, -0.25) is 9.89 Å². The monoisotopic (exact) mass is 253 g/mol. The van der Waals surface area contributed by atoms with E-state index in [1.807, 2.05) is 25.1 Å². The molecule has 0 saturated carbocycles. The van der Waals surface area contributed by atoms with E-state index in [-0.39, 0.29) is 5.56 Å². The molecule has 1 aromatic carbocycles. The van der Waals surface area contributed by atoms with Crippen LogP contribution in [0.1, 0.15) is 16.8 Å². The number of aromatic amines is 1. The zero-order valence-corrected chi connectivity index (χ0v) is 10.8. The van der Waals surface area contributed by atoms with Gasteiger partial charge in [-0.2, -0.15) is 0 Å². The molecule has 0 bridgehead atoms. The lowest BCUT2D eigenvalue weighted by Crippen LogP contribution is -2.22. The number of aromatic nitrogens is 3. The number of H-pyrrole nitrogens is 1. The molecule has 2 aromatic heterocycles. The van der Waals surface area contributed by atoms with E-state index in [1.165, 1.54) is 10.1 Å². The summed E-state index contributed by atoms with van der Waals surface area (Å²) in [5.41, 5.74) is 3.51. The second-order valence-electron chi connectivity index (χ2n) is 4.62. The molecule has 96 valence electrons. The molecule has 0 aliphatic heterocycles. The van der Waals surface area contributed by atoms with Crippen LogP contribution >= 0.6 is 0 Å². The lowest BCUT2D eigenvalue weighted by atomic mass is 10.0. The molecule has 0 saturated heterocycles. The molecular weight excluding hydrogens is 238 g/mol. The van der Waals surface area contributed by atoms with Gasteiger partial charge in [0.2, 0.25) is 0 Å². The van der Waals surface area contributed by atoms with E-state index in [4.69, 9.17) is 0 Å². The smallest absolute Gasteiger partial charge is 0.276 e. The fraction of sp³-hybridized carbons (Fsp3) is 0.200. The Balaban J connectivity index is 1.94. The highest BCUT2D eigenvalue weighted by molar-refractivity contribution is 5.38. The zero-order chi connectivity index (χ0) is 13.2. The standard InChI is InChI=1S/C15H15N3O/c1-11-13(8-7-12-5-3-2-4-6-12)15(19)18-14(17-11)9-10-16-18/h2-6,9-10,16H,7-8H2,1H3. The van der Waals surface area contributed by atoms with Gasteiger partial charge < -0.3 is 0 Å². The van der Waals surface area contributed by atoms with E-state index in [1.54, 1.807) is 12.3 Å². The number of fused-ring (bicyclic) bond motifs is 1. The van der Waals surface area contributed by atoms with Crippen LogP contribution in [0.25, 0.3) is 5.65 Å². The third kappa shape index (κ3) is 2.17. The van der Waals surface area contributed by atoms with Crippen molar-refractivity contribution in [3.8, 4) is 0 Å². The normalized spacial score (nSPS) is 11.0. The van der Waals surface area contributed by atoms with Crippen LogP contribution < -0.4 is 5.56 Å². The molecule has 0 atom stereocenters. The maximum atomic E-state index is 12.3. The minimum atomic E-state index is 0.00318. The molecule has 0 spiro atoms. The average molecular weight is 253 g/mol. The van der Waals surface area contributed by atoms with E-state index in [0.717, 1.165) is 17.7 Å². The van der Waals surface area contributed by atoms with Crippen LogP contribution in [0.2, 0.25) is 0 Å². The Labute approximate surface area is 110 Å². The van der Waals surface area contributed by atoms with Crippen molar-refractivity contribution in [1.82, 2.24) is 14.6 Å². The third-order valence-corrected chi connectivity index (χ3v) is 3.35. The van der Waals surface area contributed by atoms with Crippen molar-refractivity contribution in [3.05, 3.63) is 69.8 Å². The fourth-order valence-electron chi connectivity index (χ4n) is 2.31. The molecule has 4 nitrogen and oxygen atoms in total. The van der Waals surface area contributed by atoms with Gasteiger partial charge in [0, 0.05) is 23.5 Å². The predicted molar refractivity (Wildman–Crippen MR) is 74.4 cm³/mol. The van der Waals surface area contributed by atoms with Gasteiger partial charge in [0.15, 0.2) is 5.65 Å². The van der Waals surface area contributed by atoms with Crippen LogP contribution in [0.5, 0.6) is 0 Å². The van der Waals surface area contributed by atoms with Crippen molar-refractivity contribution in [2.75, 3.05) is 0 Å². The molecule has 0 unspecified atom stereocenters. The summed E-state index contributed by atoms with van der Waals surface area (Å²) in [5, 5.41) is 2.90. The number of nitrogens with zero attached hydrogens (tertiary/aromatic N) is 2. The van der Waals surface area contributed by atoms with Crippen molar-refractivity contribution in [3.63, 3.8) is 0 Å². The third-order valence-electron chi connectivity index (χ3n) is 3.35. The van der Waals surface area contributed by atoms with Crippen LogP contribution in [-0.2, 0) is 12.8 Å². The highest BCUT2D eigenvalue weighted by atomic mass is 16.1. The predicted octanol–water partition coefficient (Wildman–Crippen LogP) is 2.12. The molecule has 1 N–H and O–H groups in total. The number of aryl methyl sites for hydroxylation is 2. The minimum absolute atomic E-state index is 0.00318. The molecule has 3 aromatic rings. The van der Waals surface area contributed by atoms with E-state index in [2.05, 4.69) is 22.2 Å². The maximum Gasteiger partial charge on any atom is 0.276 e. The van der Waals surface area contributed by atoms with Crippen LogP contribution in [-0.4, -0.2) is 14.6 Å². The van der Waals surface area contributed by atoms with Crippen molar-refractivity contribution in [2.45, 2.75) is 19.8 Å². The van der Waals surface area contributed by atoms with E-state index in [9.17, 15) is 4.79 Å². The summed E-state index contributed by atoms with van der Waals surface area (Å²) in [6.45, 7) is 1.90. The van der Waals surface area contributed by atoms with Gasteiger partial charge in [0.05, 0.1) is 0 Å². The Morgan fingerprint density at radius 2 is 1.95 bits per heavy atom. The summed E-state index contributed by atoms with van der Waals surface area (Å²) >= 11 is 0. The summed E-state index contributed by atoms with van der Waals surface area (Å²) in [7, 11) is 0. The lowest BCUT2D eigenvalue weighted by molar-refractivity contribution is 0.829. The Kier molecular flexibility index (Phi) is 2.91.